The summed E-state index contributed by atoms with van der Waals surface area (Å²) < 4.78 is 0. The van der Waals surface area contributed by atoms with Gasteiger partial charge in [0.2, 0.25) is 5.91 Å². The lowest BCUT2D eigenvalue weighted by molar-refractivity contribution is -0.125. The Balaban J connectivity index is 1.66. The van der Waals surface area contributed by atoms with Crippen molar-refractivity contribution in [1.82, 2.24) is 4.90 Å². The standard InChI is InChI=1S/C21H21N3O/c1-23-19-10-5-4-9-18(19)21(20(23)25)11-6-12-24(15-21)14-17-8-3-2-7-16(17)13-22/h2-5,7-10H,6,11-12,14-15H2,1H3. The van der Waals surface area contributed by atoms with Gasteiger partial charge in [-0.15, -0.1) is 0 Å². The van der Waals surface area contributed by atoms with Crippen LogP contribution in [0.25, 0.3) is 0 Å². The van der Waals surface area contributed by atoms with Crippen molar-refractivity contribution in [2.75, 3.05) is 25.0 Å². The zero-order valence-corrected chi connectivity index (χ0v) is 14.4. The maximum atomic E-state index is 13.1. The van der Waals surface area contributed by atoms with Crippen molar-refractivity contribution in [1.29, 1.82) is 5.26 Å². The molecule has 4 rings (SSSR count). The molecule has 2 aliphatic rings. The molecule has 0 radical (unpaired) electrons. The number of hydrogen-bond donors (Lipinski definition) is 0. The second kappa shape index (κ2) is 6.02. The third-order valence-electron chi connectivity index (χ3n) is 5.60. The molecule has 4 nitrogen and oxygen atoms in total. The zero-order valence-electron chi connectivity index (χ0n) is 14.4. The summed E-state index contributed by atoms with van der Waals surface area (Å²) >= 11 is 0. The van der Waals surface area contributed by atoms with Gasteiger partial charge in [0.25, 0.3) is 0 Å². The fraction of sp³-hybridized carbons (Fsp3) is 0.333. The summed E-state index contributed by atoms with van der Waals surface area (Å²) in [6.07, 6.45) is 1.88. The summed E-state index contributed by atoms with van der Waals surface area (Å²) in [4.78, 5) is 17.2. The fourth-order valence-corrected chi connectivity index (χ4v) is 4.40. The topological polar surface area (TPSA) is 47.3 Å². The molecule has 2 aromatic rings. The first-order valence-corrected chi connectivity index (χ1v) is 8.74. The highest BCUT2D eigenvalue weighted by Gasteiger charge is 2.51. The van der Waals surface area contributed by atoms with Crippen LogP contribution < -0.4 is 4.90 Å². The Morgan fingerprint density at radius 2 is 1.92 bits per heavy atom. The van der Waals surface area contributed by atoms with Crippen molar-refractivity contribution >= 4 is 11.6 Å². The Morgan fingerprint density at radius 1 is 1.16 bits per heavy atom. The summed E-state index contributed by atoms with van der Waals surface area (Å²) in [5.41, 5.74) is 3.50. The van der Waals surface area contributed by atoms with Gasteiger partial charge in [-0.2, -0.15) is 5.26 Å². The molecule has 0 saturated carbocycles. The number of carbonyl (C=O) groups is 1. The summed E-state index contributed by atoms with van der Waals surface area (Å²) in [5, 5.41) is 9.33. The molecular formula is C21H21N3O. The lowest BCUT2D eigenvalue weighted by Gasteiger charge is -2.39. The number of hydrogen-bond acceptors (Lipinski definition) is 3. The molecule has 2 aromatic carbocycles. The Labute approximate surface area is 148 Å². The molecule has 126 valence electrons. The predicted molar refractivity (Wildman–Crippen MR) is 97.2 cm³/mol. The van der Waals surface area contributed by atoms with Crippen molar-refractivity contribution in [3.8, 4) is 6.07 Å². The van der Waals surface area contributed by atoms with Crippen LogP contribution in [0.1, 0.15) is 29.5 Å². The van der Waals surface area contributed by atoms with E-state index in [9.17, 15) is 10.1 Å². The predicted octanol–water partition coefficient (Wildman–Crippen LogP) is 3.07. The number of carbonyl (C=O) groups excluding carboxylic acids is 1. The number of likely N-dealkylation sites (tertiary alicyclic amines) is 1. The molecule has 1 atom stereocenters. The molecule has 25 heavy (non-hydrogen) atoms. The average Bonchev–Trinajstić information content (AvgIpc) is 2.85. The number of nitrogens with zero attached hydrogens (tertiary/aromatic N) is 3. The van der Waals surface area contributed by atoms with E-state index < -0.39 is 5.41 Å². The van der Waals surface area contributed by atoms with Crippen LogP contribution in [0, 0.1) is 11.3 Å². The van der Waals surface area contributed by atoms with E-state index in [-0.39, 0.29) is 5.91 Å². The number of piperidine rings is 1. The molecule has 1 saturated heterocycles. The summed E-state index contributed by atoms with van der Waals surface area (Å²) in [6, 6.07) is 18.2. The van der Waals surface area contributed by atoms with E-state index in [1.807, 2.05) is 54.4 Å². The van der Waals surface area contributed by atoms with E-state index in [1.165, 1.54) is 0 Å². The normalized spacial score (nSPS) is 22.9. The number of likely N-dealkylation sites (N-methyl/N-ethyl adjacent to an activating group) is 1. The van der Waals surface area contributed by atoms with Gasteiger partial charge in [-0.3, -0.25) is 9.69 Å². The minimum absolute atomic E-state index is 0.201. The molecule has 0 bridgehead atoms. The van der Waals surface area contributed by atoms with Gasteiger partial charge in [-0.25, -0.2) is 0 Å². The van der Waals surface area contributed by atoms with Crippen molar-refractivity contribution < 1.29 is 4.79 Å². The largest absolute Gasteiger partial charge is 0.314 e. The lowest BCUT2D eigenvalue weighted by atomic mass is 9.75. The first-order chi connectivity index (χ1) is 12.2. The van der Waals surface area contributed by atoms with Crippen LogP contribution in [0.2, 0.25) is 0 Å². The quantitative estimate of drug-likeness (QED) is 0.850. The molecule has 0 aliphatic carbocycles. The van der Waals surface area contributed by atoms with Crippen molar-refractivity contribution in [2.24, 2.45) is 0 Å². The Bertz CT molecular complexity index is 869. The number of anilines is 1. The number of amides is 1. The molecule has 4 heteroatoms. The van der Waals surface area contributed by atoms with E-state index in [0.717, 1.165) is 41.8 Å². The van der Waals surface area contributed by atoms with E-state index in [4.69, 9.17) is 0 Å². The van der Waals surface area contributed by atoms with Crippen molar-refractivity contribution in [3.05, 3.63) is 65.2 Å². The first-order valence-electron chi connectivity index (χ1n) is 8.74. The molecule has 0 aromatic heterocycles. The van der Waals surface area contributed by atoms with Crippen LogP contribution in [-0.2, 0) is 16.8 Å². The van der Waals surface area contributed by atoms with Gasteiger partial charge in [-0.05, 0) is 42.6 Å². The Kier molecular flexibility index (Phi) is 3.82. The van der Waals surface area contributed by atoms with Gasteiger partial charge >= 0.3 is 0 Å². The molecule has 1 amide bonds. The highest BCUT2D eigenvalue weighted by molar-refractivity contribution is 6.08. The minimum Gasteiger partial charge on any atom is -0.314 e. The smallest absolute Gasteiger partial charge is 0.238 e. The van der Waals surface area contributed by atoms with E-state index in [1.54, 1.807) is 0 Å². The number of fused-ring (bicyclic) bond motifs is 2. The van der Waals surface area contributed by atoms with Crippen molar-refractivity contribution in [2.45, 2.75) is 24.8 Å². The van der Waals surface area contributed by atoms with E-state index in [2.05, 4.69) is 17.0 Å². The number of para-hydroxylation sites is 1. The Morgan fingerprint density at radius 3 is 2.76 bits per heavy atom. The van der Waals surface area contributed by atoms with Crippen LogP contribution in [0.4, 0.5) is 5.69 Å². The molecular weight excluding hydrogens is 310 g/mol. The summed E-state index contributed by atoms with van der Waals surface area (Å²) in [5.74, 6) is 0.201. The number of nitriles is 1. The molecule has 2 heterocycles. The number of rotatable bonds is 2. The molecule has 1 fully saturated rings. The average molecular weight is 331 g/mol. The monoisotopic (exact) mass is 331 g/mol. The second-order valence-corrected chi connectivity index (χ2v) is 7.05. The zero-order chi connectivity index (χ0) is 17.4. The van der Waals surface area contributed by atoms with Crippen LogP contribution in [0.15, 0.2) is 48.5 Å². The third-order valence-corrected chi connectivity index (χ3v) is 5.60. The molecule has 1 spiro atoms. The molecule has 2 aliphatic heterocycles. The highest BCUT2D eigenvalue weighted by Crippen LogP contribution is 2.46. The number of benzene rings is 2. The van der Waals surface area contributed by atoms with Crippen molar-refractivity contribution in [3.63, 3.8) is 0 Å². The summed E-state index contributed by atoms with van der Waals surface area (Å²) in [6.45, 7) is 2.39. The van der Waals surface area contributed by atoms with E-state index >= 15 is 0 Å². The third kappa shape index (κ3) is 2.43. The Hall–Kier alpha value is -2.64. The van der Waals surface area contributed by atoms with Gasteiger partial charge in [-0.1, -0.05) is 36.4 Å². The van der Waals surface area contributed by atoms with E-state index in [0.29, 0.717) is 13.1 Å². The summed E-state index contributed by atoms with van der Waals surface area (Å²) in [7, 11) is 1.87. The van der Waals surface area contributed by atoms with Crippen LogP contribution >= 0.6 is 0 Å². The van der Waals surface area contributed by atoms with Gasteiger partial charge < -0.3 is 4.90 Å². The molecule has 1 unspecified atom stereocenters. The van der Waals surface area contributed by atoms with Crippen LogP contribution in [0.5, 0.6) is 0 Å². The lowest BCUT2D eigenvalue weighted by Crippen LogP contribution is -2.51. The fourth-order valence-electron chi connectivity index (χ4n) is 4.40. The van der Waals surface area contributed by atoms with Crippen LogP contribution in [0.3, 0.4) is 0 Å². The minimum atomic E-state index is -0.439. The van der Waals surface area contributed by atoms with Gasteiger partial charge in [0.05, 0.1) is 17.0 Å². The van der Waals surface area contributed by atoms with Gasteiger partial charge in [0.1, 0.15) is 0 Å². The SMILES string of the molecule is CN1C(=O)C2(CCCN(Cc3ccccc3C#N)C2)c2ccccc21. The highest BCUT2D eigenvalue weighted by atomic mass is 16.2. The maximum absolute atomic E-state index is 13.1. The molecule has 0 N–H and O–H groups in total. The maximum Gasteiger partial charge on any atom is 0.238 e. The second-order valence-electron chi connectivity index (χ2n) is 7.05. The van der Waals surface area contributed by atoms with Gasteiger partial charge in [0, 0.05) is 25.8 Å². The first kappa shape index (κ1) is 15.9. The van der Waals surface area contributed by atoms with Gasteiger partial charge in [0.15, 0.2) is 0 Å². The van der Waals surface area contributed by atoms with Crippen LogP contribution in [-0.4, -0.2) is 30.9 Å².